The number of nitrogens with zero attached hydrogens (tertiary/aromatic N) is 3. The molecule has 9 nitrogen and oxygen atoms in total. The maximum Gasteiger partial charge on any atom is 0.338 e. The summed E-state index contributed by atoms with van der Waals surface area (Å²) in [5.74, 6) is -1.74. The number of fused-ring (bicyclic) bond motifs is 1. The first kappa shape index (κ1) is 26.2. The molecule has 4 aromatic rings. The average molecular weight is 544 g/mol. The monoisotopic (exact) mass is 543 g/mol. The van der Waals surface area contributed by atoms with E-state index in [4.69, 9.17) is 4.74 Å². The van der Waals surface area contributed by atoms with Crippen molar-refractivity contribution in [1.82, 2.24) is 9.29 Å². The van der Waals surface area contributed by atoms with E-state index in [2.05, 4.69) is 4.98 Å². The SMILES string of the molecule is CCOC(=O)c1ccc(N2C(=O)CC(N(Cc3cccnc3)S(=O)(=O)c3ccc4ccccc4c3)C2=O)cc1. The number of benzene rings is 3. The van der Waals surface area contributed by atoms with Crippen molar-refractivity contribution in [2.45, 2.75) is 30.8 Å². The highest BCUT2D eigenvalue weighted by Crippen LogP contribution is 2.31. The fourth-order valence-electron chi connectivity index (χ4n) is 4.57. The lowest BCUT2D eigenvalue weighted by atomic mass is 10.1. The predicted octanol–water partition coefficient (Wildman–Crippen LogP) is 3.93. The number of anilines is 1. The van der Waals surface area contributed by atoms with E-state index in [1.165, 1.54) is 36.5 Å². The van der Waals surface area contributed by atoms with Gasteiger partial charge in [-0.05, 0) is 65.7 Å². The Hall–Kier alpha value is -4.41. The molecule has 39 heavy (non-hydrogen) atoms. The molecule has 0 aliphatic carbocycles. The number of esters is 1. The summed E-state index contributed by atoms with van der Waals surface area (Å²) in [6, 6.07) is 20.1. The fraction of sp³-hybridized carbons (Fsp3) is 0.172. The van der Waals surface area contributed by atoms with E-state index >= 15 is 0 Å². The molecule has 198 valence electrons. The summed E-state index contributed by atoms with van der Waals surface area (Å²) in [5, 5.41) is 1.61. The second kappa shape index (κ2) is 10.8. The molecule has 0 saturated carbocycles. The van der Waals surface area contributed by atoms with Gasteiger partial charge in [-0.15, -0.1) is 0 Å². The quantitative estimate of drug-likeness (QED) is 0.244. The van der Waals surface area contributed by atoms with E-state index in [1.807, 2.05) is 24.3 Å². The highest BCUT2D eigenvalue weighted by Gasteiger charge is 2.47. The number of aromatic nitrogens is 1. The van der Waals surface area contributed by atoms with Crippen LogP contribution in [-0.2, 0) is 30.9 Å². The highest BCUT2D eigenvalue weighted by molar-refractivity contribution is 7.89. The van der Waals surface area contributed by atoms with Crippen LogP contribution in [0.5, 0.6) is 0 Å². The van der Waals surface area contributed by atoms with Gasteiger partial charge in [0.1, 0.15) is 6.04 Å². The number of sulfonamides is 1. The van der Waals surface area contributed by atoms with E-state index in [0.717, 1.165) is 20.0 Å². The smallest absolute Gasteiger partial charge is 0.338 e. The predicted molar refractivity (Wildman–Crippen MR) is 144 cm³/mol. The molecule has 5 rings (SSSR count). The molecule has 2 heterocycles. The van der Waals surface area contributed by atoms with Crippen molar-refractivity contribution in [3.63, 3.8) is 0 Å². The minimum absolute atomic E-state index is 0.0163. The van der Waals surface area contributed by atoms with Crippen LogP contribution < -0.4 is 4.90 Å². The van der Waals surface area contributed by atoms with E-state index in [1.54, 1.807) is 37.4 Å². The number of hydrogen-bond donors (Lipinski definition) is 0. The van der Waals surface area contributed by atoms with Gasteiger partial charge in [0.25, 0.3) is 5.91 Å². The summed E-state index contributed by atoms with van der Waals surface area (Å²) in [6.07, 6.45) is 2.76. The standard InChI is InChI=1S/C29H25N3O6S/c1-2-38-29(35)22-9-12-24(13-10-22)32-27(33)17-26(28(32)34)31(19-20-6-5-15-30-18-20)39(36,37)25-14-11-21-7-3-4-8-23(21)16-25/h3-16,18,26H,2,17,19H2,1H3. The van der Waals surface area contributed by atoms with Crippen LogP contribution in [0.2, 0.25) is 0 Å². The van der Waals surface area contributed by atoms with E-state index in [9.17, 15) is 22.8 Å². The third-order valence-electron chi connectivity index (χ3n) is 6.50. The van der Waals surface area contributed by atoms with Crippen molar-refractivity contribution in [3.05, 3.63) is 102 Å². The molecular formula is C29H25N3O6S. The van der Waals surface area contributed by atoms with Crippen molar-refractivity contribution < 1.29 is 27.5 Å². The van der Waals surface area contributed by atoms with Crippen LogP contribution in [0.3, 0.4) is 0 Å². The second-order valence-corrected chi connectivity index (χ2v) is 10.9. The molecule has 0 bridgehead atoms. The number of ether oxygens (including phenoxy) is 1. The topological polar surface area (TPSA) is 114 Å². The molecule has 0 spiro atoms. The van der Waals surface area contributed by atoms with Crippen LogP contribution in [0.25, 0.3) is 10.8 Å². The zero-order chi connectivity index (χ0) is 27.6. The van der Waals surface area contributed by atoms with Crippen LogP contribution in [0.4, 0.5) is 5.69 Å². The van der Waals surface area contributed by atoms with E-state index in [-0.39, 0.29) is 35.7 Å². The molecular weight excluding hydrogens is 518 g/mol. The van der Waals surface area contributed by atoms with Crippen LogP contribution in [0.1, 0.15) is 29.3 Å². The summed E-state index contributed by atoms with van der Waals surface area (Å²) in [7, 11) is -4.22. The molecule has 1 aliphatic rings. The molecule has 0 N–H and O–H groups in total. The zero-order valence-corrected chi connectivity index (χ0v) is 21.9. The Kier molecular flexibility index (Phi) is 7.23. The van der Waals surface area contributed by atoms with Gasteiger partial charge < -0.3 is 4.74 Å². The Morgan fingerprint density at radius 1 is 1.00 bits per heavy atom. The Labute approximate surface area is 225 Å². The maximum atomic E-state index is 14.0. The number of rotatable bonds is 8. The molecule has 0 radical (unpaired) electrons. The molecule has 1 fully saturated rings. The van der Waals surface area contributed by atoms with Gasteiger partial charge in [0, 0.05) is 18.9 Å². The molecule has 1 saturated heterocycles. The molecule has 10 heteroatoms. The van der Waals surface area contributed by atoms with E-state index in [0.29, 0.717) is 5.56 Å². The summed E-state index contributed by atoms with van der Waals surface area (Å²) in [6.45, 7) is 1.75. The van der Waals surface area contributed by atoms with Gasteiger partial charge >= 0.3 is 5.97 Å². The normalized spacial score (nSPS) is 15.7. The maximum absolute atomic E-state index is 14.0. The second-order valence-electron chi connectivity index (χ2n) is 8.98. The van der Waals surface area contributed by atoms with Crippen molar-refractivity contribution in [2.75, 3.05) is 11.5 Å². The average Bonchev–Trinajstić information content (AvgIpc) is 3.25. The third-order valence-corrected chi connectivity index (χ3v) is 8.35. The highest BCUT2D eigenvalue weighted by atomic mass is 32.2. The van der Waals surface area contributed by atoms with Crippen molar-refractivity contribution in [2.24, 2.45) is 0 Å². The number of carbonyl (C=O) groups is 3. The van der Waals surface area contributed by atoms with Crippen molar-refractivity contribution in [3.8, 4) is 0 Å². The Bertz CT molecular complexity index is 1660. The summed E-state index contributed by atoms with van der Waals surface area (Å²) < 4.78 is 34.1. The molecule has 3 aromatic carbocycles. The van der Waals surface area contributed by atoms with E-state index < -0.39 is 33.8 Å². The van der Waals surface area contributed by atoms with Gasteiger partial charge in [0.2, 0.25) is 15.9 Å². The number of carbonyl (C=O) groups excluding carboxylic acids is 3. The Morgan fingerprint density at radius 3 is 2.44 bits per heavy atom. The number of hydrogen-bond acceptors (Lipinski definition) is 7. The zero-order valence-electron chi connectivity index (χ0n) is 21.1. The summed E-state index contributed by atoms with van der Waals surface area (Å²) in [4.78, 5) is 43.8. The first-order valence-corrected chi connectivity index (χ1v) is 13.8. The first-order valence-electron chi connectivity index (χ1n) is 12.3. The summed E-state index contributed by atoms with van der Waals surface area (Å²) in [5.41, 5.74) is 1.08. The van der Waals surface area contributed by atoms with Crippen LogP contribution in [0.15, 0.2) is 96.2 Å². The fourth-order valence-corrected chi connectivity index (χ4v) is 6.18. The minimum atomic E-state index is -4.22. The molecule has 2 amide bonds. The van der Waals surface area contributed by atoms with Gasteiger partial charge in [-0.1, -0.05) is 36.4 Å². The van der Waals surface area contributed by atoms with Gasteiger partial charge in [-0.3, -0.25) is 14.6 Å². The minimum Gasteiger partial charge on any atom is -0.462 e. The van der Waals surface area contributed by atoms with Crippen molar-refractivity contribution >= 4 is 44.3 Å². The van der Waals surface area contributed by atoms with Gasteiger partial charge in [-0.25, -0.2) is 18.1 Å². The number of pyridine rings is 1. The lowest BCUT2D eigenvalue weighted by molar-refractivity contribution is -0.122. The number of amides is 2. The molecule has 1 aliphatic heterocycles. The number of imide groups is 1. The van der Waals surface area contributed by atoms with Crippen LogP contribution >= 0.6 is 0 Å². The first-order chi connectivity index (χ1) is 18.8. The van der Waals surface area contributed by atoms with Gasteiger partial charge in [0.05, 0.1) is 29.2 Å². The van der Waals surface area contributed by atoms with Gasteiger partial charge in [0.15, 0.2) is 0 Å². The van der Waals surface area contributed by atoms with Crippen LogP contribution in [-0.4, -0.2) is 48.1 Å². The van der Waals surface area contributed by atoms with Crippen molar-refractivity contribution in [1.29, 1.82) is 0 Å². The summed E-state index contributed by atoms with van der Waals surface area (Å²) >= 11 is 0. The molecule has 1 aromatic heterocycles. The lowest BCUT2D eigenvalue weighted by Gasteiger charge is -2.27. The Balaban J connectivity index is 1.51. The van der Waals surface area contributed by atoms with Gasteiger partial charge in [-0.2, -0.15) is 4.31 Å². The Morgan fingerprint density at radius 2 is 1.74 bits per heavy atom. The largest absolute Gasteiger partial charge is 0.462 e. The molecule has 1 atom stereocenters. The lowest BCUT2D eigenvalue weighted by Crippen LogP contribution is -2.45. The van der Waals surface area contributed by atoms with Crippen LogP contribution in [0, 0.1) is 0 Å². The third kappa shape index (κ3) is 5.16. The molecule has 1 unspecified atom stereocenters.